The Labute approximate surface area is 189 Å². The first-order valence-electron chi connectivity index (χ1n) is 11.2. The van der Waals surface area contributed by atoms with E-state index >= 15 is 0 Å². The monoisotopic (exact) mass is 431 g/mol. The summed E-state index contributed by atoms with van der Waals surface area (Å²) >= 11 is 0. The van der Waals surface area contributed by atoms with Crippen molar-refractivity contribution in [3.63, 3.8) is 0 Å². The topological polar surface area (TPSA) is 63.7 Å². The van der Waals surface area contributed by atoms with Crippen LogP contribution in [0.1, 0.15) is 42.1 Å². The Morgan fingerprint density at radius 3 is 2.53 bits per heavy atom. The lowest BCUT2D eigenvalue weighted by Gasteiger charge is -2.28. The molecule has 0 atom stereocenters. The molecule has 1 aromatic heterocycles. The fourth-order valence-corrected chi connectivity index (χ4v) is 3.79. The van der Waals surface area contributed by atoms with Gasteiger partial charge >= 0.3 is 0 Å². The molecule has 1 saturated heterocycles. The highest BCUT2D eigenvalue weighted by atomic mass is 16.5. The van der Waals surface area contributed by atoms with E-state index in [9.17, 15) is 4.79 Å². The van der Waals surface area contributed by atoms with Crippen molar-refractivity contribution in [3.8, 4) is 11.5 Å². The van der Waals surface area contributed by atoms with Gasteiger partial charge in [-0.25, -0.2) is 0 Å². The second-order valence-corrected chi connectivity index (χ2v) is 7.79. The van der Waals surface area contributed by atoms with Crippen molar-refractivity contribution < 1.29 is 14.3 Å². The molecule has 0 saturated carbocycles. The van der Waals surface area contributed by atoms with Crippen molar-refractivity contribution in [2.45, 2.75) is 32.8 Å². The number of piperidine rings is 1. The molecule has 1 amide bonds. The molecule has 1 aliphatic heterocycles. The number of carbonyl (C=O) groups excluding carboxylic acids is 1. The van der Waals surface area contributed by atoms with Crippen LogP contribution < -0.4 is 19.7 Å². The van der Waals surface area contributed by atoms with Crippen molar-refractivity contribution in [1.29, 1.82) is 0 Å². The molecule has 2 heterocycles. The molecule has 1 fully saturated rings. The highest BCUT2D eigenvalue weighted by Crippen LogP contribution is 2.30. The summed E-state index contributed by atoms with van der Waals surface area (Å²) in [5.74, 6) is 0.957. The summed E-state index contributed by atoms with van der Waals surface area (Å²) in [7, 11) is 0. The van der Waals surface area contributed by atoms with Crippen LogP contribution in [0.15, 0.2) is 67.0 Å². The predicted octanol–water partition coefficient (Wildman–Crippen LogP) is 5.30. The number of nitrogens with zero attached hydrogens (tertiary/aromatic N) is 2. The van der Waals surface area contributed by atoms with Gasteiger partial charge in [-0.05, 0) is 74.7 Å². The smallest absolute Gasteiger partial charge is 0.255 e. The van der Waals surface area contributed by atoms with Crippen molar-refractivity contribution in [2.24, 2.45) is 0 Å². The third-order valence-corrected chi connectivity index (χ3v) is 5.47. The zero-order valence-corrected chi connectivity index (χ0v) is 18.4. The first kappa shape index (κ1) is 21.7. The molecule has 0 aliphatic carbocycles. The number of rotatable bonds is 8. The third kappa shape index (κ3) is 5.58. The Bertz CT molecular complexity index is 1020. The van der Waals surface area contributed by atoms with Gasteiger partial charge in [0.2, 0.25) is 0 Å². The van der Waals surface area contributed by atoms with Crippen LogP contribution in [0.5, 0.6) is 11.5 Å². The van der Waals surface area contributed by atoms with Gasteiger partial charge in [0.05, 0.1) is 6.61 Å². The highest BCUT2D eigenvalue weighted by molar-refractivity contribution is 6.04. The normalized spacial score (nSPS) is 13.5. The minimum absolute atomic E-state index is 0.185. The second-order valence-electron chi connectivity index (χ2n) is 7.79. The lowest BCUT2D eigenvalue weighted by molar-refractivity contribution is 0.102. The Morgan fingerprint density at radius 1 is 1.00 bits per heavy atom. The van der Waals surface area contributed by atoms with E-state index in [1.165, 1.54) is 24.9 Å². The number of hydrogen-bond acceptors (Lipinski definition) is 5. The second kappa shape index (κ2) is 10.7. The molecule has 6 nitrogen and oxygen atoms in total. The van der Waals surface area contributed by atoms with Gasteiger partial charge in [-0.15, -0.1) is 0 Å². The summed E-state index contributed by atoms with van der Waals surface area (Å²) in [6.45, 7) is 4.96. The Balaban J connectivity index is 1.41. The van der Waals surface area contributed by atoms with Crippen LogP contribution in [0.25, 0.3) is 0 Å². The first-order chi connectivity index (χ1) is 15.7. The molecule has 0 radical (unpaired) electrons. The number of pyridine rings is 1. The number of anilines is 2. The van der Waals surface area contributed by atoms with Crippen LogP contribution in [0.4, 0.5) is 11.4 Å². The lowest BCUT2D eigenvalue weighted by atomic mass is 10.1. The zero-order valence-electron chi connectivity index (χ0n) is 18.4. The summed E-state index contributed by atoms with van der Waals surface area (Å²) in [4.78, 5) is 19.3. The Kier molecular flexibility index (Phi) is 7.23. The van der Waals surface area contributed by atoms with Gasteiger partial charge < -0.3 is 19.7 Å². The standard InChI is InChI=1S/C26H29N3O3/c1-2-31-25-17-21(8-13-24(25)32-19-20-7-6-14-27-18-20)26(30)28-22-9-11-23(12-10-22)29-15-4-3-5-16-29/h6-14,17-18H,2-5,15-16,19H2,1H3,(H,28,30). The van der Waals surface area contributed by atoms with E-state index in [0.717, 1.165) is 24.3 Å². The van der Waals surface area contributed by atoms with E-state index in [2.05, 4.69) is 27.3 Å². The third-order valence-electron chi connectivity index (χ3n) is 5.47. The maximum atomic E-state index is 12.8. The maximum absolute atomic E-state index is 12.8. The number of benzene rings is 2. The van der Waals surface area contributed by atoms with Crippen LogP contribution >= 0.6 is 0 Å². The summed E-state index contributed by atoms with van der Waals surface area (Å²) in [5.41, 5.74) is 3.45. The molecule has 1 aliphatic rings. The van der Waals surface area contributed by atoms with Crippen LogP contribution in [0.2, 0.25) is 0 Å². The predicted molar refractivity (Wildman–Crippen MR) is 127 cm³/mol. The molecule has 2 aromatic carbocycles. The van der Waals surface area contributed by atoms with E-state index < -0.39 is 0 Å². The maximum Gasteiger partial charge on any atom is 0.255 e. The van der Waals surface area contributed by atoms with Crippen LogP contribution in [0.3, 0.4) is 0 Å². The van der Waals surface area contributed by atoms with Gasteiger partial charge in [-0.2, -0.15) is 0 Å². The van der Waals surface area contributed by atoms with Crippen LogP contribution in [-0.2, 0) is 6.61 Å². The fourth-order valence-electron chi connectivity index (χ4n) is 3.79. The molecule has 4 rings (SSSR count). The Morgan fingerprint density at radius 2 is 1.81 bits per heavy atom. The number of hydrogen-bond donors (Lipinski definition) is 1. The average molecular weight is 432 g/mol. The molecule has 166 valence electrons. The van der Waals surface area contributed by atoms with Gasteiger partial charge in [0.1, 0.15) is 6.61 Å². The van der Waals surface area contributed by atoms with Gasteiger partial charge in [-0.1, -0.05) is 6.07 Å². The molecule has 6 heteroatoms. The highest BCUT2D eigenvalue weighted by Gasteiger charge is 2.14. The molecular weight excluding hydrogens is 402 g/mol. The lowest BCUT2D eigenvalue weighted by Crippen LogP contribution is -2.29. The Hall–Kier alpha value is -3.54. The fraction of sp³-hybridized carbons (Fsp3) is 0.308. The van der Waals surface area contributed by atoms with Crippen LogP contribution in [0, 0.1) is 0 Å². The van der Waals surface area contributed by atoms with E-state index in [4.69, 9.17) is 9.47 Å². The average Bonchev–Trinajstić information content (AvgIpc) is 2.85. The van der Waals surface area contributed by atoms with Crippen molar-refractivity contribution in [1.82, 2.24) is 4.98 Å². The summed E-state index contributed by atoms with van der Waals surface area (Å²) in [6.07, 6.45) is 7.27. The van der Waals surface area contributed by atoms with E-state index in [1.807, 2.05) is 31.2 Å². The minimum Gasteiger partial charge on any atom is -0.490 e. The van der Waals surface area contributed by atoms with Gasteiger partial charge in [0, 0.05) is 48.0 Å². The molecule has 0 unspecified atom stereocenters. The molecule has 0 spiro atoms. The summed E-state index contributed by atoms with van der Waals surface area (Å²) < 4.78 is 11.6. The molecular formula is C26H29N3O3. The molecule has 32 heavy (non-hydrogen) atoms. The van der Waals surface area contributed by atoms with Crippen LogP contribution in [-0.4, -0.2) is 30.6 Å². The molecule has 3 aromatic rings. The number of nitrogens with one attached hydrogen (secondary N) is 1. The van der Waals surface area contributed by atoms with E-state index in [0.29, 0.717) is 30.3 Å². The van der Waals surface area contributed by atoms with Crippen molar-refractivity contribution >= 4 is 17.3 Å². The van der Waals surface area contributed by atoms with Crippen molar-refractivity contribution in [3.05, 3.63) is 78.1 Å². The SMILES string of the molecule is CCOc1cc(C(=O)Nc2ccc(N3CCCCC3)cc2)ccc1OCc1cccnc1. The van der Waals surface area contributed by atoms with Gasteiger partial charge in [0.25, 0.3) is 5.91 Å². The van der Waals surface area contributed by atoms with Gasteiger partial charge in [-0.3, -0.25) is 9.78 Å². The van der Waals surface area contributed by atoms with E-state index in [1.54, 1.807) is 30.6 Å². The van der Waals surface area contributed by atoms with E-state index in [-0.39, 0.29) is 5.91 Å². The minimum atomic E-state index is -0.185. The van der Waals surface area contributed by atoms with Gasteiger partial charge in [0.15, 0.2) is 11.5 Å². The zero-order chi connectivity index (χ0) is 22.2. The molecule has 0 bridgehead atoms. The van der Waals surface area contributed by atoms with Crippen molar-refractivity contribution in [2.75, 3.05) is 29.9 Å². The summed E-state index contributed by atoms with van der Waals surface area (Å²) in [5, 5.41) is 2.97. The number of ether oxygens (including phenoxy) is 2. The number of carbonyl (C=O) groups is 1. The first-order valence-corrected chi connectivity index (χ1v) is 11.2. The quantitative estimate of drug-likeness (QED) is 0.524. The molecule has 1 N–H and O–H groups in total. The number of amides is 1. The largest absolute Gasteiger partial charge is 0.490 e. The number of aromatic nitrogens is 1. The summed E-state index contributed by atoms with van der Waals surface area (Å²) in [6, 6.07) is 17.1.